The van der Waals surface area contributed by atoms with Crippen molar-refractivity contribution in [3.8, 4) is 0 Å². The SMILES string of the molecule is O=C(O)C1CCN(C(=O)Nc2cccc(F)c2Cl)CC1. The van der Waals surface area contributed by atoms with Crippen LogP contribution in [0.25, 0.3) is 0 Å². The van der Waals surface area contributed by atoms with Crippen LogP contribution in [0.2, 0.25) is 5.02 Å². The van der Waals surface area contributed by atoms with Crippen LogP contribution in [-0.2, 0) is 4.79 Å². The molecule has 0 bridgehead atoms. The molecule has 0 radical (unpaired) electrons. The minimum Gasteiger partial charge on any atom is -0.481 e. The molecule has 2 amide bonds. The molecule has 20 heavy (non-hydrogen) atoms. The largest absolute Gasteiger partial charge is 0.481 e. The van der Waals surface area contributed by atoms with Crippen LogP contribution in [0, 0.1) is 11.7 Å². The Morgan fingerprint density at radius 1 is 1.35 bits per heavy atom. The third-order valence-electron chi connectivity index (χ3n) is 3.32. The van der Waals surface area contributed by atoms with Gasteiger partial charge in [-0.25, -0.2) is 9.18 Å². The Kier molecular flexibility index (Phi) is 4.44. The monoisotopic (exact) mass is 300 g/mol. The molecule has 2 N–H and O–H groups in total. The average Bonchev–Trinajstić information content (AvgIpc) is 2.44. The van der Waals surface area contributed by atoms with Crippen molar-refractivity contribution in [2.24, 2.45) is 5.92 Å². The summed E-state index contributed by atoms with van der Waals surface area (Å²) >= 11 is 5.76. The molecule has 1 heterocycles. The van der Waals surface area contributed by atoms with Crippen molar-refractivity contribution >= 4 is 29.3 Å². The highest BCUT2D eigenvalue weighted by molar-refractivity contribution is 6.33. The van der Waals surface area contributed by atoms with Crippen molar-refractivity contribution in [2.45, 2.75) is 12.8 Å². The number of carboxylic acids is 1. The van der Waals surface area contributed by atoms with Gasteiger partial charge in [0.05, 0.1) is 16.6 Å². The maximum atomic E-state index is 13.2. The lowest BCUT2D eigenvalue weighted by molar-refractivity contribution is -0.143. The molecule has 1 aromatic rings. The van der Waals surface area contributed by atoms with Crippen LogP contribution >= 0.6 is 11.6 Å². The number of carboxylic acid groups (broad SMARTS) is 1. The van der Waals surface area contributed by atoms with Crippen molar-refractivity contribution in [3.05, 3.63) is 29.0 Å². The van der Waals surface area contributed by atoms with Crippen LogP contribution < -0.4 is 5.32 Å². The van der Waals surface area contributed by atoms with Gasteiger partial charge in [0, 0.05) is 13.1 Å². The van der Waals surface area contributed by atoms with Crippen LogP contribution in [0.5, 0.6) is 0 Å². The van der Waals surface area contributed by atoms with Gasteiger partial charge in [-0.3, -0.25) is 4.79 Å². The van der Waals surface area contributed by atoms with Gasteiger partial charge in [-0.15, -0.1) is 0 Å². The van der Waals surface area contributed by atoms with Gasteiger partial charge in [0.15, 0.2) is 0 Å². The molecule has 1 aliphatic rings. The van der Waals surface area contributed by atoms with E-state index < -0.39 is 23.7 Å². The first kappa shape index (κ1) is 14.6. The first-order valence-corrected chi connectivity index (χ1v) is 6.59. The zero-order valence-corrected chi connectivity index (χ0v) is 11.4. The molecular weight excluding hydrogens is 287 g/mol. The number of piperidine rings is 1. The zero-order chi connectivity index (χ0) is 14.7. The number of halogens is 2. The Morgan fingerprint density at radius 2 is 2.00 bits per heavy atom. The Bertz CT molecular complexity index is 530. The maximum Gasteiger partial charge on any atom is 0.321 e. The molecule has 0 aromatic heterocycles. The van der Waals surface area contributed by atoms with Crippen LogP contribution in [0.3, 0.4) is 0 Å². The number of rotatable bonds is 2. The number of benzene rings is 1. The number of amides is 2. The fraction of sp³-hybridized carbons (Fsp3) is 0.385. The number of hydrogen-bond acceptors (Lipinski definition) is 2. The van der Waals surface area contributed by atoms with Crippen LogP contribution in [0.4, 0.5) is 14.9 Å². The van der Waals surface area contributed by atoms with Gasteiger partial charge < -0.3 is 15.3 Å². The third-order valence-corrected chi connectivity index (χ3v) is 3.71. The van der Waals surface area contributed by atoms with E-state index in [1.54, 1.807) is 0 Å². The fourth-order valence-electron chi connectivity index (χ4n) is 2.12. The average molecular weight is 301 g/mol. The summed E-state index contributed by atoms with van der Waals surface area (Å²) < 4.78 is 13.2. The number of nitrogens with zero attached hydrogens (tertiary/aromatic N) is 1. The predicted octanol–water partition coefficient (Wildman–Crippen LogP) is 2.81. The third kappa shape index (κ3) is 3.19. The number of aliphatic carboxylic acids is 1. The van der Waals surface area contributed by atoms with Crippen molar-refractivity contribution in [2.75, 3.05) is 18.4 Å². The highest BCUT2D eigenvalue weighted by Gasteiger charge is 2.27. The number of likely N-dealkylation sites (tertiary alicyclic amines) is 1. The van der Waals surface area contributed by atoms with Crippen LogP contribution in [-0.4, -0.2) is 35.1 Å². The minimum atomic E-state index is -0.835. The van der Waals surface area contributed by atoms with E-state index in [4.69, 9.17) is 16.7 Å². The molecule has 0 atom stereocenters. The molecule has 1 aromatic carbocycles. The standard InChI is InChI=1S/C13H14ClFN2O3/c14-11-9(15)2-1-3-10(11)16-13(20)17-6-4-8(5-7-17)12(18)19/h1-3,8H,4-7H2,(H,16,20)(H,18,19). The van der Waals surface area contributed by atoms with Gasteiger partial charge in [-0.2, -0.15) is 0 Å². The first-order valence-electron chi connectivity index (χ1n) is 6.22. The fourth-order valence-corrected chi connectivity index (χ4v) is 2.30. The quantitative estimate of drug-likeness (QED) is 0.882. The molecule has 5 nitrogen and oxygen atoms in total. The van der Waals surface area contributed by atoms with E-state index in [-0.39, 0.29) is 10.7 Å². The molecule has 0 unspecified atom stereocenters. The Labute approximate surface area is 120 Å². The highest BCUT2D eigenvalue weighted by atomic mass is 35.5. The molecule has 0 spiro atoms. The summed E-state index contributed by atoms with van der Waals surface area (Å²) in [6, 6.07) is 3.76. The maximum absolute atomic E-state index is 13.2. The topological polar surface area (TPSA) is 69.6 Å². The minimum absolute atomic E-state index is 0.138. The predicted molar refractivity (Wildman–Crippen MR) is 72.4 cm³/mol. The second-order valence-electron chi connectivity index (χ2n) is 4.63. The highest BCUT2D eigenvalue weighted by Crippen LogP contribution is 2.25. The lowest BCUT2D eigenvalue weighted by Gasteiger charge is -2.30. The van der Waals surface area contributed by atoms with Crippen molar-refractivity contribution in [1.29, 1.82) is 0 Å². The Balaban J connectivity index is 1.96. The van der Waals surface area contributed by atoms with E-state index in [2.05, 4.69) is 5.32 Å². The summed E-state index contributed by atoms with van der Waals surface area (Å²) in [5, 5.41) is 11.3. The first-order chi connectivity index (χ1) is 9.49. The normalized spacial score (nSPS) is 16.0. The summed E-state index contributed by atoms with van der Waals surface area (Å²) in [6.07, 6.45) is 0.833. The van der Waals surface area contributed by atoms with Gasteiger partial charge in [-0.1, -0.05) is 17.7 Å². The van der Waals surface area contributed by atoms with Crippen molar-refractivity contribution in [1.82, 2.24) is 4.90 Å². The molecule has 1 saturated heterocycles. The van der Waals surface area contributed by atoms with Crippen LogP contribution in [0.1, 0.15) is 12.8 Å². The van der Waals surface area contributed by atoms with Gasteiger partial charge >= 0.3 is 12.0 Å². The number of hydrogen-bond donors (Lipinski definition) is 2. The van der Waals surface area contributed by atoms with Gasteiger partial charge in [0.25, 0.3) is 0 Å². The number of urea groups is 1. The summed E-state index contributed by atoms with van der Waals surface area (Å²) in [6.45, 7) is 0.714. The van der Waals surface area contributed by atoms with E-state index in [1.165, 1.54) is 23.1 Å². The summed E-state index contributed by atoms with van der Waals surface area (Å²) in [7, 11) is 0. The molecule has 2 rings (SSSR count). The number of carbonyl (C=O) groups is 2. The molecule has 1 aliphatic heterocycles. The summed E-state index contributed by atoms with van der Waals surface area (Å²) in [4.78, 5) is 24.3. The van der Waals surface area contributed by atoms with E-state index in [9.17, 15) is 14.0 Å². The van der Waals surface area contributed by atoms with Gasteiger partial charge in [0.2, 0.25) is 0 Å². The van der Waals surface area contributed by atoms with E-state index in [0.29, 0.717) is 25.9 Å². The summed E-state index contributed by atoms with van der Waals surface area (Å²) in [5.74, 6) is -1.84. The number of anilines is 1. The van der Waals surface area contributed by atoms with Crippen molar-refractivity contribution < 1.29 is 19.1 Å². The summed E-state index contributed by atoms with van der Waals surface area (Å²) in [5.41, 5.74) is 0.206. The van der Waals surface area contributed by atoms with Crippen LogP contribution in [0.15, 0.2) is 18.2 Å². The lowest BCUT2D eigenvalue weighted by Crippen LogP contribution is -2.42. The Morgan fingerprint density at radius 3 is 2.60 bits per heavy atom. The van der Waals surface area contributed by atoms with Crippen molar-refractivity contribution in [3.63, 3.8) is 0 Å². The van der Waals surface area contributed by atoms with E-state index in [1.807, 2.05) is 0 Å². The zero-order valence-electron chi connectivity index (χ0n) is 10.6. The second kappa shape index (κ2) is 6.09. The second-order valence-corrected chi connectivity index (χ2v) is 5.01. The molecule has 108 valence electrons. The van der Waals surface area contributed by atoms with E-state index in [0.717, 1.165) is 0 Å². The molecule has 1 fully saturated rings. The molecule has 7 heteroatoms. The molecular formula is C13H14ClFN2O3. The number of nitrogens with one attached hydrogen (secondary N) is 1. The lowest BCUT2D eigenvalue weighted by atomic mass is 9.97. The molecule has 0 saturated carbocycles. The Hall–Kier alpha value is -1.82. The number of carbonyl (C=O) groups excluding carboxylic acids is 1. The molecule has 0 aliphatic carbocycles. The van der Waals surface area contributed by atoms with E-state index >= 15 is 0 Å². The smallest absolute Gasteiger partial charge is 0.321 e. The van der Waals surface area contributed by atoms with Gasteiger partial charge in [0.1, 0.15) is 5.82 Å². The van der Waals surface area contributed by atoms with Gasteiger partial charge in [-0.05, 0) is 25.0 Å².